The van der Waals surface area contributed by atoms with Crippen LogP contribution >= 0.6 is 0 Å². The maximum Gasteiger partial charge on any atom is 0.0635 e. The van der Waals surface area contributed by atoms with Crippen molar-refractivity contribution in [1.82, 2.24) is 4.90 Å². The summed E-state index contributed by atoms with van der Waals surface area (Å²) in [5.74, 6) is 0.567. The summed E-state index contributed by atoms with van der Waals surface area (Å²) < 4.78 is 0. The highest BCUT2D eigenvalue weighted by Crippen LogP contribution is 2.22. The van der Waals surface area contributed by atoms with Crippen LogP contribution in [0.2, 0.25) is 0 Å². The molecule has 3 nitrogen and oxygen atoms in total. The molecule has 1 aromatic carbocycles. The average Bonchev–Trinajstić information content (AvgIpc) is 2.36. The molecule has 3 heteroatoms. The fourth-order valence-electron chi connectivity index (χ4n) is 2.41. The quantitative estimate of drug-likeness (QED) is 0.819. The van der Waals surface area contributed by atoms with Crippen molar-refractivity contribution >= 4 is 0 Å². The molecule has 1 atom stereocenters. The molecule has 0 saturated carbocycles. The van der Waals surface area contributed by atoms with Crippen LogP contribution in [0, 0.1) is 24.2 Å². The fourth-order valence-corrected chi connectivity index (χ4v) is 2.41. The zero-order valence-corrected chi connectivity index (χ0v) is 12.3. The van der Waals surface area contributed by atoms with Crippen molar-refractivity contribution in [2.75, 3.05) is 19.6 Å². The summed E-state index contributed by atoms with van der Waals surface area (Å²) in [7, 11) is 0. The second kappa shape index (κ2) is 7.93. The van der Waals surface area contributed by atoms with Gasteiger partial charge in [0, 0.05) is 32.1 Å². The van der Waals surface area contributed by atoms with E-state index in [1.807, 2.05) is 0 Å². The number of benzene rings is 1. The molecule has 0 spiro atoms. The van der Waals surface area contributed by atoms with Gasteiger partial charge in [0.25, 0.3) is 0 Å². The van der Waals surface area contributed by atoms with E-state index in [0.29, 0.717) is 18.9 Å². The SMILES string of the molecule is Cc1cccc(C(CN)N(CCC#N)CC(C)C)c1. The Hall–Kier alpha value is -1.37. The summed E-state index contributed by atoms with van der Waals surface area (Å²) in [4.78, 5) is 2.34. The maximum atomic E-state index is 8.81. The molecule has 0 bridgehead atoms. The van der Waals surface area contributed by atoms with Gasteiger partial charge in [-0.1, -0.05) is 43.7 Å². The van der Waals surface area contributed by atoms with Crippen molar-refractivity contribution < 1.29 is 0 Å². The van der Waals surface area contributed by atoms with Crippen LogP contribution in [0.15, 0.2) is 24.3 Å². The standard InChI is InChI=1S/C16H25N3/c1-13(2)12-19(9-5-8-17)16(11-18)15-7-4-6-14(3)10-15/h4,6-7,10,13,16H,5,9,11-12,18H2,1-3H3. The number of aryl methyl sites for hydroxylation is 1. The van der Waals surface area contributed by atoms with Crippen LogP contribution in [0.25, 0.3) is 0 Å². The van der Waals surface area contributed by atoms with Crippen LogP contribution in [-0.4, -0.2) is 24.5 Å². The van der Waals surface area contributed by atoms with Gasteiger partial charge in [0.2, 0.25) is 0 Å². The number of nitrogens with zero attached hydrogens (tertiary/aromatic N) is 2. The zero-order valence-electron chi connectivity index (χ0n) is 12.3. The lowest BCUT2D eigenvalue weighted by Gasteiger charge is -2.32. The van der Waals surface area contributed by atoms with E-state index in [1.165, 1.54) is 11.1 Å². The molecule has 0 aromatic heterocycles. The van der Waals surface area contributed by atoms with Gasteiger partial charge in [-0.3, -0.25) is 4.90 Å². The minimum absolute atomic E-state index is 0.204. The van der Waals surface area contributed by atoms with E-state index in [0.717, 1.165) is 13.1 Å². The molecule has 0 aliphatic carbocycles. The first-order valence-corrected chi connectivity index (χ1v) is 6.96. The van der Waals surface area contributed by atoms with Crippen molar-refractivity contribution in [2.45, 2.75) is 33.2 Å². The third-order valence-electron chi connectivity index (χ3n) is 3.20. The van der Waals surface area contributed by atoms with Gasteiger partial charge in [0.15, 0.2) is 0 Å². The highest BCUT2D eigenvalue weighted by molar-refractivity contribution is 5.25. The molecule has 2 N–H and O–H groups in total. The van der Waals surface area contributed by atoms with Gasteiger partial charge >= 0.3 is 0 Å². The van der Waals surface area contributed by atoms with Gasteiger partial charge in [0.1, 0.15) is 0 Å². The summed E-state index contributed by atoms with van der Waals surface area (Å²) in [5.41, 5.74) is 8.48. The predicted molar refractivity (Wildman–Crippen MR) is 79.6 cm³/mol. The molecule has 0 saturated heterocycles. The molecule has 0 aliphatic rings. The molecule has 0 amide bonds. The Morgan fingerprint density at radius 2 is 2.11 bits per heavy atom. The number of hydrogen-bond donors (Lipinski definition) is 1. The van der Waals surface area contributed by atoms with Crippen LogP contribution in [0.3, 0.4) is 0 Å². The molecule has 19 heavy (non-hydrogen) atoms. The second-order valence-electron chi connectivity index (χ2n) is 5.46. The number of hydrogen-bond acceptors (Lipinski definition) is 3. The molecule has 0 radical (unpaired) electrons. The maximum absolute atomic E-state index is 8.81. The van der Waals surface area contributed by atoms with Crippen LogP contribution in [0.4, 0.5) is 0 Å². The Kier molecular flexibility index (Phi) is 6.55. The lowest BCUT2D eigenvalue weighted by atomic mass is 10.0. The van der Waals surface area contributed by atoms with Crippen molar-refractivity contribution in [3.05, 3.63) is 35.4 Å². The third-order valence-corrected chi connectivity index (χ3v) is 3.20. The molecule has 0 fully saturated rings. The van der Waals surface area contributed by atoms with Gasteiger partial charge in [-0.05, 0) is 18.4 Å². The van der Waals surface area contributed by atoms with Crippen molar-refractivity contribution in [1.29, 1.82) is 5.26 Å². The topological polar surface area (TPSA) is 53.0 Å². The van der Waals surface area contributed by atoms with Gasteiger partial charge in [-0.15, -0.1) is 0 Å². The van der Waals surface area contributed by atoms with Gasteiger partial charge in [-0.2, -0.15) is 5.26 Å². The molecule has 1 aromatic rings. The minimum atomic E-state index is 0.204. The summed E-state index contributed by atoms with van der Waals surface area (Å²) in [6.07, 6.45) is 0.551. The lowest BCUT2D eigenvalue weighted by molar-refractivity contribution is 0.183. The minimum Gasteiger partial charge on any atom is -0.329 e. The molecule has 0 heterocycles. The molecular formula is C16H25N3. The largest absolute Gasteiger partial charge is 0.329 e. The van der Waals surface area contributed by atoms with E-state index in [9.17, 15) is 0 Å². The van der Waals surface area contributed by atoms with Crippen LogP contribution in [0.5, 0.6) is 0 Å². The molecule has 0 aliphatic heterocycles. The third kappa shape index (κ3) is 5.02. The van der Waals surface area contributed by atoms with E-state index < -0.39 is 0 Å². The van der Waals surface area contributed by atoms with Crippen molar-refractivity contribution in [2.24, 2.45) is 11.7 Å². The Morgan fingerprint density at radius 1 is 1.37 bits per heavy atom. The molecule has 1 unspecified atom stereocenters. The second-order valence-corrected chi connectivity index (χ2v) is 5.46. The smallest absolute Gasteiger partial charge is 0.0635 e. The summed E-state index contributed by atoms with van der Waals surface area (Å²) >= 11 is 0. The first-order chi connectivity index (χ1) is 9.08. The molecular weight excluding hydrogens is 234 g/mol. The number of nitriles is 1. The molecule has 1 rings (SSSR count). The highest BCUT2D eigenvalue weighted by atomic mass is 15.2. The van der Waals surface area contributed by atoms with E-state index in [4.69, 9.17) is 11.0 Å². The van der Waals surface area contributed by atoms with Gasteiger partial charge in [0.05, 0.1) is 6.07 Å². The van der Waals surface area contributed by atoms with Gasteiger partial charge < -0.3 is 5.73 Å². The first kappa shape index (κ1) is 15.7. The number of rotatable bonds is 7. The van der Waals surface area contributed by atoms with Crippen LogP contribution in [-0.2, 0) is 0 Å². The Labute approximate surface area is 117 Å². The highest BCUT2D eigenvalue weighted by Gasteiger charge is 2.19. The molecule has 104 valence electrons. The Bertz CT molecular complexity index is 420. The first-order valence-electron chi connectivity index (χ1n) is 6.96. The van der Waals surface area contributed by atoms with Gasteiger partial charge in [-0.25, -0.2) is 0 Å². The monoisotopic (exact) mass is 259 g/mol. The normalized spacial score (nSPS) is 12.7. The van der Waals surface area contributed by atoms with E-state index in [-0.39, 0.29) is 6.04 Å². The zero-order chi connectivity index (χ0) is 14.3. The summed E-state index contributed by atoms with van der Waals surface area (Å²) in [6.45, 7) is 8.83. The lowest BCUT2D eigenvalue weighted by Crippen LogP contribution is -2.37. The van der Waals surface area contributed by atoms with Crippen LogP contribution < -0.4 is 5.73 Å². The Balaban J connectivity index is 2.91. The average molecular weight is 259 g/mol. The predicted octanol–water partition coefficient (Wildman–Crippen LogP) is 2.87. The fraction of sp³-hybridized carbons (Fsp3) is 0.562. The summed E-state index contributed by atoms with van der Waals surface area (Å²) in [5, 5.41) is 8.81. The van der Waals surface area contributed by atoms with Crippen LogP contribution in [0.1, 0.15) is 37.4 Å². The van der Waals surface area contributed by atoms with E-state index in [2.05, 4.69) is 56.0 Å². The van der Waals surface area contributed by atoms with E-state index >= 15 is 0 Å². The van der Waals surface area contributed by atoms with E-state index in [1.54, 1.807) is 0 Å². The number of nitrogens with two attached hydrogens (primary N) is 1. The van der Waals surface area contributed by atoms with Crippen molar-refractivity contribution in [3.63, 3.8) is 0 Å². The van der Waals surface area contributed by atoms with Crippen molar-refractivity contribution in [3.8, 4) is 6.07 Å². The Morgan fingerprint density at radius 3 is 2.63 bits per heavy atom. The summed E-state index contributed by atoms with van der Waals surface area (Å²) in [6, 6.07) is 10.9.